The number of unbranched alkanes of at least 4 members (excludes halogenated alkanes) is 1. The molecule has 1 fully saturated rings. The van der Waals surface area contributed by atoms with Crippen molar-refractivity contribution in [2.24, 2.45) is 0 Å². The van der Waals surface area contributed by atoms with Crippen LogP contribution in [0.15, 0.2) is 61.6 Å². The number of anilines is 1. The van der Waals surface area contributed by atoms with E-state index < -0.39 is 0 Å². The minimum absolute atomic E-state index is 0.739. The van der Waals surface area contributed by atoms with Gasteiger partial charge in [0.1, 0.15) is 5.69 Å². The monoisotopic (exact) mass is 509 g/mol. The molecule has 0 bridgehead atoms. The average molecular weight is 510 g/mol. The maximum atomic E-state index is 4.71. The van der Waals surface area contributed by atoms with E-state index in [1.165, 1.54) is 37.9 Å². The van der Waals surface area contributed by atoms with Crippen molar-refractivity contribution in [3.05, 3.63) is 78.5 Å². The first kappa shape index (κ1) is 26.1. The summed E-state index contributed by atoms with van der Waals surface area (Å²) in [5, 5.41) is 12.2. The molecule has 1 saturated heterocycles. The second-order valence-corrected chi connectivity index (χ2v) is 10.3. The van der Waals surface area contributed by atoms with Gasteiger partial charge in [-0.25, -0.2) is 0 Å². The first-order valence-corrected chi connectivity index (χ1v) is 13.9. The second kappa shape index (κ2) is 12.3. The van der Waals surface area contributed by atoms with Crippen molar-refractivity contribution >= 4 is 22.3 Å². The zero-order valence-electron chi connectivity index (χ0n) is 22.7. The molecule has 4 heterocycles. The summed E-state index contributed by atoms with van der Waals surface area (Å²) in [4.78, 5) is 14.2. The van der Waals surface area contributed by atoms with Crippen molar-refractivity contribution in [1.82, 2.24) is 30.0 Å². The highest BCUT2D eigenvalue weighted by atomic mass is 15.2. The van der Waals surface area contributed by atoms with Crippen molar-refractivity contribution < 1.29 is 0 Å². The number of likely N-dealkylation sites (tertiary alicyclic amines) is 1. The van der Waals surface area contributed by atoms with Gasteiger partial charge in [0.15, 0.2) is 0 Å². The van der Waals surface area contributed by atoms with Crippen molar-refractivity contribution in [3.8, 4) is 11.1 Å². The topological polar surface area (TPSA) is 73.0 Å². The summed E-state index contributed by atoms with van der Waals surface area (Å²) >= 11 is 0. The molecule has 4 aromatic rings. The van der Waals surface area contributed by atoms with E-state index in [9.17, 15) is 0 Å². The van der Waals surface area contributed by atoms with Gasteiger partial charge in [0.2, 0.25) is 0 Å². The molecule has 198 valence electrons. The molecule has 1 aromatic carbocycles. The molecular weight excluding hydrogens is 470 g/mol. The maximum Gasteiger partial charge on any atom is 0.116 e. The highest BCUT2D eigenvalue weighted by molar-refractivity contribution is 5.95. The molecule has 5 rings (SSSR count). The standard InChI is InChI=1S/C31H39N7/c1-4-6-13-37(12-5-2)22-28-10-9-27(20-33-28)34-23(3)31-29-17-25(8-11-30(29)35-36-31)26-16-24(18-32-19-26)21-38-14-7-15-38/h8-11,16-20,34H,3-7,12-15,21-22H2,1-2H3,(H,35,36). The Morgan fingerprint density at radius 2 is 1.92 bits per heavy atom. The number of hydrogen-bond acceptors (Lipinski definition) is 6. The number of nitrogens with zero attached hydrogens (tertiary/aromatic N) is 5. The number of fused-ring (bicyclic) bond motifs is 1. The lowest BCUT2D eigenvalue weighted by Crippen LogP contribution is -2.36. The van der Waals surface area contributed by atoms with E-state index >= 15 is 0 Å². The number of rotatable bonds is 13. The number of pyridine rings is 2. The molecule has 2 N–H and O–H groups in total. The Morgan fingerprint density at radius 3 is 2.66 bits per heavy atom. The summed E-state index contributed by atoms with van der Waals surface area (Å²) in [7, 11) is 0. The fraction of sp³-hybridized carbons (Fsp3) is 0.387. The van der Waals surface area contributed by atoms with Gasteiger partial charge in [-0.1, -0.05) is 32.9 Å². The van der Waals surface area contributed by atoms with Gasteiger partial charge in [-0.2, -0.15) is 5.10 Å². The number of aromatic amines is 1. The third-order valence-electron chi connectivity index (χ3n) is 7.21. The minimum atomic E-state index is 0.739. The Hall–Kier alpha value is -3.55. The van der Waals surface area contributed by atoms with Gasteiger partial charge in [-0.15, -0.1) is 0 Å². The molecule has 1 aliphatic rings. The molecule has 38 heavy (non-hydrogen) atoms. The van der Waals surface area contributed by atoms with Crippen LogP contribution in [0.3, 0.4) is 0 Å². The van der Waals surface area contributed by atoms with Crippen molar-refractivity contribution in [1.29, 1.82) is 0 Å². The lowest BCUT2D eigenvalue weighted by molar-refractivity contribution is 0.172. The third-order valence-corrected chi connectivity index (χ3v) is 7.21. The van der Waals surface area contributed by atoms with Gasteiger partial charge in [0.25, 0.3) is 0 Å². The zero-order valence-corrected chi connectivity index (χ0v) is 22.7. The van der Waals surface area contributed by atoms with Crippen LogP contribution in [0.25, 0.3) is 27.7 Å². The number of hydrogen-bond donors (Lipinski definition) is 2. The van der Waals surface area contributed by atoms with Crippen LogP contribution in [-0.2, 0) is 13.1 Å². The van der Waals surface area contributed by atoms with Gasteiger partial charge in [0, 0.05) is 36.4 Å². The first-order chi connectivity index (χ1) is 18.6. The number of benzene rings is 1. The minimum Gasteiger partial charge on any atom is -0.353 e. The molecule has 7 nitrogen and oxygen atoms in total. The van der Waals surface area contributed by atoms with Crippen LogP contribution in [0.1, 0.15) is 56.5 Å². The van der Waals surface area contributed by atoms with Crippen LogP contribution < -0.4 is 5.32 Å². The zero-order chi connectivity index (χ0) is 26.3. The predicted octanol–water partition coefficient (Wildman–Crippen LogP) is 6.32. The van der Waals surface area contributed by atoms with E-state index in [1.807, 2.05) is 18.6 Å². The highest BCUT2D eigenvalue weighted by Gasteiger charge is 2.15. The molecule has 0 amide bonds. The summed E-state index contributed by atoms with van der Waals surface area (Å²) in [6.45, 7) is 15.2. The van der Waals surface area contributed by atoms with Crippen LogP contribution >= 0.6 is 0 Å². The fourth-order valence-corrected chi connectivity index (χ4v) is 4.98. The Bertz CT molecular complexity index is 1350. The van der Waals surface area contributed by atoms with Crippen LogP contribution in [0, 0.1) is 0 Å². The smallest absolute Gasteiger partial charge is 0.116 e. The first-order valence-electron chi connectivity index (χ1n) is 13.9. The molecule has 0 radical (unpaired) electrons. The van der Waals surface area contributed by atoms with Gasteiger partial charge in [0.05, 0.1) is 28.8 Å². The van der Waals surface area contributed by atoms with Crippen molar-refractivity contribution in [3.63, 3.8) is 0 Å². The molecule has 7 heteroatoms. The summed E-state index contributed by atoms with van der Waals surface area (Å²) < 4.78 is 0. The summed E-state index contributed by atoms with van der Waals surface area (Å²) in [5.74, 6) is 0. The molecule has 0 atom stereocenters. The quantitative estimate of drug-likeness (QED) is 0.220. The van der Waals surface area contributed by atoms with E-state index in [4.69, 9.17) is 4.98 Å². The van der Waals surface area contributed by atoms with Crippen LogP contribution in [0.2, 0.25) is 0 Å². The van der Waals surface area contributed by atoms with E-state index in [0.717, 1.165) is 77.4 Å². The van der Waals surface area contributed by atoms with Crippen LogP contribution in [-0.4, -0.2) is 56.1 Å². The number of H-pyrrole nitrogens is 1. The Labute approximate surface area is 226 Å². The lowest BCUT2D eigenvalue weighted by atomic mass is 10.0. The van der Waals surface area contributed by atoms with E-state index in [-0.39, 0.29) is 0 Å². The molecule has 0 aliphatic carbocycles. The Balaban J connectivity index is 1.28. The SMILES string of the molecule is C=C(Nc1ccc(CN(CCC)CCCC)nc1)c1n[nH]c2ccc(-c3cncc(CN4CCC4)c3)cc12. The average Bonchev–Trinajstić information content (AvgIpc) is 3.34. The second-order valence-electron chi connectivity index (χ2n) is 10.3. The normalized spacial score (nSPS) is 13.7. The van der Waals surface area contributed by atoms with Crippen molar-refractivity contribution in [2.75, 3.05) is 31.5 Å². The highest BCUT2D eigenvalue weighted by Crippen LogP contribution is 2.29. The Kier molecular flexibility index (Phi) is 8.46. The molecule has 0 spiro atoms. The van der Waals surface area contributed by atoms with Crippen LogP contribution in [0.4, 0.5) is 5.69 Å². The largest absolute Gasteiger partial charge is 0.353 e. The summed E-state index contributed by atoms with van der Waals surface area (Å²) in [6, 6.07) is 12.8. The maximum absolute atomic E-state index is 4.71. The molecule has 0 saturated carbocycles. The predicted molar refractivity (Wildman–Crippen MR) is 157 cm³/mol. The number of nitrogens with one attached hydrogen (secondary N) is 2. The lowest BCUT2D eigenvalue weighted by Gasteiger charge is -2.30. The molecular formula is C31H39N7. The molecule has 0 unspecified atom stereocenters. The van der Waals surface area contributed by atoms with Crippen molar-refractivity contribution in [2.45, 2.75) is 52.6 Å². The van der Waals surface area contributed by atoms with Gasteiger partial charge >= 0.3 is 0 Å². The Morgan fingerprint density at radius 1 is 1.03 bits per heavy atom. The molecule has 3 aromatic heterocycles. The third kappa shape index (κ3) is 6.29. The van der Waals surface area contributed by atoms with Gasteiger partial charge < -0.3 is 5.32 Å². The fourth-order valence-electron chi connectivity index (χ4n) is 4.98. The summed E-state index contributed by atoms with van der Waals surface area (Å²) in [6.07, 6.45) is 10.7. The van der Waals surface area contributed by atoms with E-state index in [0.29, 0.717) is 0 Å². The summed E-state index contributed by atoms with van der Waals surface area (Å²) in [5.41, 5.74) is 8.01. The van der Waals surface area contributed by atoms with Crippen LogP contribution in [0.5, 0.6) is 0 Å². The van der Waals surface area contributed by atoms with E-state index in [1.54, 1.807) is 0 Å². The molecule has 1 aliphatic heterocycles. The number of aromatic nitrogens is 4. The van der Waals surface area contributed by atoms with E-state index in [2.05, 4.69) is 87.1 Å². The van der Waals surface area contributed by atoms with Gasteiger partial charge in [-0.3, -0.25) is 24.9 Å². The van der Waals surface area contributed by atoms with Gasteiger partial charge in [-0.05, 0) is 86.9 Å².